The van der Waals surface area contributed by atoms with Crippen LogP contribution in [0.3, 0.4) is 0 Å². The first-order chi connectivity index (χ1) is 23.3. The van der Waals surface area contributed by atoms with Crippen molar-refractivity contribution < 1.29 is 69.3 Å². The van der Waals surface area contributed by atoms with E-state index in [2.05, 4.69) is 19.9 Å². The third-order valence-electron chi connectivity index (χ3n) is 13.7. The first-order valence-electron chi connectivity index (χ1n) is 17.8. The molecule has 3 saturated carbocycles. The molecule has 4 aliphatic carbocycles. The lowest BCUT2D eigenvalue weighted by Crippen LogP contribution is -2.65. The van der Waals surface area contributed by atoms with Crippen LogP contribution in [0.4, 0.5) is 0 Å². The summed E-state index contributed by atoms with van der Waals surface area (Å²) in [5.74, 6) is 0.230. The Kier molecular flexibility index (Phi) is 9.62. The standard InChI is InChI=1S/C35H52O14/c1-33-8-5-18(46-31-29(43)27(41)30(23(14-37)48-31)49-32-28(42)26(40)25(39)22(13-36)47-32)12-17(33)3-4-21-20(33)6-9-34(2)19(7-10-35(21,34)44)16-11-24(38)45-15-16/h11-12,18-23,25-32,36-37,39-44H,3-10,13-15H2,1-2H3/t18-,19+,20-,21+,22+,23+,25+,26-,27+,28+,29+,30+,31+,32-,33-,34+,35-/m0/s1. The lowest BCUT2D eigenvalue weighted by atomic mass is 9.45. The Labute approximate surface area is 285 Å². The molecule has 0 aromatic rings. The molecule has 0 spiro atoms. The van der Waals surface area contributed by atoms with Crippen LogP contribution < -0.4 is 0 Å². The van der Waals surface area contributed by atoms with Crippen molar-refractivity contribution in [2.45, 2.75) is 138 Å². The fraction of sp³-hybridized carbons (Fsp3) is 0.857. The van der Waals surface area contributed by atoms with E-state index in [9.17, 15) is 45.6 Å². The highest BCUT2D eigenvalue weighted by atomic mass is 16.7. The Balaban J connectivity index is 1.02. The quantitative estimate of drug-likeness (QED) is 0.120. The number of aliphatic hydroxyl groups excluding tert-OH is 7. The van der Waals surface area contributed by atoms with Crippen molar-refractivity contribution in [1.82, 2.24) is 0 Å². The molecule has 7 aliphatic rings. The number of rotatable bonds is 7. The van der Waals surface area contributed by atoms with Gasteiger partial charge in [-0.05, 0) is 80.1 Å². The van der Waals surface area contributed by atoms with Crippen molar-refractivity contribution in [3.05, 3.63) is 23.3 Å². The van der Waals surface area contributed by atoms with Gasteiger partial charge in [0.25, 0.3) is 0 Å². The van der Waals surface area contributed by atoms with Gasteiger partial charge in [0.15, 0.2) is 12.6 Å². The van der Waals surface area contributed by atoms with Crippen molar-refractivity contribution in [1.29, 1.82) is 0 Å². The van der Waals surface area contributed by atoms with E-state index in [4.69, 9.17) is 23.7 Å². The minimum absolute atomic E-state index is 0.124. The van der Waals surface area contributed by atoms with E-state index in [1.165, 1.54) is 5.57 Å². The average molecular weight is 697 g/mol. The second-order valence-electron chi connectivity index (χ2n) is 15.9. The van der Waals surface area contributed by atoms with Gasteiger partial charge < -0.3 is 64.5 Å². The maximum atomic E-state index is 12.5. The SMILES string of the molecule is C[C@]12CC[C@H](O[C@@H]3O[C@H](CO)[C@@H](O[C@@H]4O[C@H](CO)[C@@H](O)[C@H](O)[C@H]4O)[C@H](O)[C@H]3O)C=C1CC[C@@H]1[C@@H]2CC[C@]2(C)[C@@H](C3=CC(=O)OC3)CC[C@]12O. The number of hydrogen-bond acceptors (Lipinski definition) is 14. The largest absolute Gasteiger partial charge is 0.458 e. The van der Waals surface area contributed by atoms with Crippen LogP contribution in [0.15, 0.2) is 23.3 Å². The first-order valence-corrected chi connectivity index (χ1v) is 17.8. The van der Waals surface area contributed by atoms with Crippen LogP contribution in [0.2, 0.25) is 0 Å². The van der Waals surface area contributed by atoms with Crippen molar-refractivity contribution in [2.75, 3.05) is 19.8 Å². The highest BCUT2D eigenvalue weighted by Gasteiger charge is 2.67. The molecule has 0 aromatic heterocycles. The maximum absolute atomic E-state index is 12.5. The highest BCUT2D eigenvalue weighted by Crippen LogP contribution is 2.69. The van der Waals surface area contributed by atoms with Crippen molar-refractivity contribution in [2.24, 2.45) is 28.6 Å². The second-order valence-corrected chi connectivity index (χ2v) is 15.9. The summed E-state index contributed by atoms with van der Waals surface area (Å²) < 4.78 is 28.4. The zero-order chi connectivity index (χ0) is 35.0. The van der Waals surface area contributed by atoms with Gasteiger partial charge in [-0.25, -0.2) is 4.79 Å². The van der Waals surface area contributed by atoms with Crippen LogP contribution in [0.1, 0.15) is 65.2 Å². The molecular formula is C35H52O14. The molecule has 17 atom stereocenters. The Morgan fingerprint density at radius 2 is 1.49 bits per heavy atom. The smallest absolute Gasteiger partial charge is 0.331 e. The van der Waals surface area contributed by atoms with Crippen LogP contribution >= 0.6 is 0 Å². The molecule has 0 amide bonds. The van der Waals surface area contributed by atoms with E-state index in [0.29, 0.717) is 19.4 Å². The van der Waals surface area contributed by atoms with E-state index >= 15 is 0 Å². The van der Waals surface area contributed by atoms with Crippen LogP contribution in [0.5, 0.6) is 0 Å². The number of esters is 1. The molecule has 14 heteroatoms. The first kappa shape index (κ1) is 35.9. The molecule has 0 bridgehead atoms. The van der Waals surface area contributed by atoms with Crippen LogP contribution in [0.25, 0.3) is 0 Å². The molecule has 276 valence electrons. The number of allylic oxidation sites excluding steroid dienone is 1. The zero-order valence-corrected chi connectivity index (χ0v) is 28.0. The Bertz CT molecular complexity index is 1320. The van der Waals surface area contributed by atoms with Gasteiger partial charge in [-0.15, -0.1) is 0 Å². The fourth-order valence-electron chi connectivity index (χ4n) is 10.8. The third kappa shape index (κ3) is 5.66. The molecule has 3 heterocycles. The van der Waals surface area contributed by atoms with Crippen molar-refractivity contribution in [3.8, 4) is 0 Å². The van der Waals surface area contributed by atoms with Gasteiger partial charge in [-0.1, -0.05) is 25.5 Å². The molecule has 0 unspecified atom stereocenters. The molecule has 5 fully saturated rings. The minimum atomic E-state index is -1.74. The number of aliphatic hydroxyl groups is 8. The zero-order valence-electron chi connectivity index (χ0n) is 28.0. The fourth-order valence-corrected chi connectivity index (χ4v) is 10.8. The molecule has 0 radical (unpaired) electrons. The number of carbonyl (C=O) groups excluding carboxylic acids is 1. The number of fused-ring (bicyclic) bond motifs is 5. The lowest BCUT2D eigenvalue weighted by molar-refractivity contribution is -0.361. The summed E-state index contributed by atoms with van der Waals surface area (Å²) in [5.41, 5.74) is 0.952. The van der Waals surface area contributed by atoms with Crippen molar-refractivity contribution in [3.63, 3.8) is 0 Å². The van der Waals surface area contributed by atoms with Crippen LogP contribution in [0, 0.1) is 28.6 Å². The predicted molar refractivity (Wildman–Crippen MR) is 167 cm³/mol. The van der Waals surface area contributed by atoms with Gasteiger partial charge in [0.1, 0.15) is 55.4 Å². The highest BCUT2D eigenvalue weighted by molar-refractivity contribution is 5.85. The van der Waals surface area contributed by atoms with Gasteiger partial charge in [0, 0.05) is 11.5 Å². The topological polar surface area (TPSA) is 225 Å². The Morgan fingerprint density at radius 3 is 2.18 bits per heavy atom. The number of cyclic esters (lactones) is 1. The van der Waals surface area contributed by atoms with E-state index in [1.54, 1.807) is 6.08 Å². The normalized spacial score (nSPS) is 52.8. The summed E-state index contributed by atoms with van der Waals surface area (Å²) in [4.78, 5) is 11.9. The molecule has 3 aliphatic heterocycles. The summed E-state index contributed by atoms with van der Waals surface area (Å²) >= 11 is 0. The maximum Gasteiger partial charge on any atom is 0.331 e. The molecule has 2 saturated heterocycles. The second kappa shape index (κ2) is 13.2. The summed E-state index contributed by atoms with van der Waals surface area (Å²) in [7, 11) is 0. The lowest BCUT2D eigenvalue weighted by Gasteiger charge is -2.62. The molecule has 7 rings (SSSR count). The predicted octanol–water partition coefficient (Wildman–Crippen LogP) is -0.827. The molecule has 14 nitrogen and oxygen atoms in total. The molecule has 0 aromatic carbocycles. The Morgan fingerprint density at radius 1 is 0.796 bits per heavy atom. The van der Waals surface area contributed by atoms with Crippen LogP contribution in [-0.4, -0.2) is 140 Å². The average Bonchev–Trinajstić information content (AvgIpc) is 3.63. The van der Waals surface area contributed by atoms with Gasteiger partial charge in [0.05, 0.1) is 24.9 Å². The monoisotopic (exact) mass is 696 g/mol. The van der Waals surface area contributed by atoms with E-state index < -0.39 is 86.3 Å². The van der Waals surface area contributed by atoms with Gasteiger partial charge in [-0.2, -0.15) is 0 Å². The van der Waals surface area contributed by atoms with Gasteiger partial charge >= 0.3 is 5.97 Å². The summed E-state index contributed by atoms with van der Waals surface area (Å²) in [6, 6.07) is 0. The summed E-state index contributed by atoms with van der Waals surface area (Å²) in [6.07, 6.45) is -5.38. The number of hydrogen-bond donors (Lipinski definition) is 8. The molecule has 8 N–H and O–H groups in total. The summed E-state index contributed by atoms with van der Waals surface area (Å²) in [6.45, 7) is 3.49. The van der Waals surface area contributed by atoms with Crippen LogP contribution in [-0.2, 0) is 28.5 Å². The van der Waals surface area contributed by atoms with Gasteiger partial charge in [-0.3, -0.25) is 0 Å². The number of ether oxygens (including phenoxy) is 5. The Hall–Kier alpha value is -1.53. The third-order valence-corrected chi connectivity index (χ3v) is 13.7. The van der Waals surface area contributed by atoms with E-state index in [1.807, 2.05) is 0 Å². The number of carbonyl (C=O) groups is 1. The minimum Gasteiger partial charge on any atom is -0.458 e. The van der Waals surface area contributed by atoms with E-state index in [0.717, 1.165) is 44.1 Å². The van der Waals surface area contributed by atoms with Crippen molar-refractivity contribution >= 4 is 5.97 Å². The molecular weight excluding hydrogens is 644 g/mol. The van der Waals surface area contributed by atoms with Gasteiger partial charge in [0.2, 0.25) is 0 Å². The molecule has 49 heavy (non-hydrogen) atoms. The van der Waals surface area contributed by atoms with E-state index in [-0.39, 0.29) is 34.6 Å². The summed E-state index contributed by atoms with van der Waals surface area (Å²) in [5, 5.41) is 84.8.